The van der Waals surface area contributed by atoms with E-state index in [1.165, 1.54) is 12.8 Å². The Balaban J connectivity index is 2.01. The summed E-state index contributed by atoms with van der Waals surface area (Å²) in [5, 5.41) is 3.95. The minimum Gasteiger partial charge on any atom is -0.339 e. The number of aromatic nitrogens is 2. The topological polar surface area (TPSA) is 64.9 Å². The Morgan fingerprint density at radius 1 is 1.47 bits per heavy atom. The summed E-state index contributed by atoms with van der Waals surface area (Å²) in [4.78, 5) is 4.35. The highest BCUT2D eigenvalue weighted by atomic mass is 16.5. The van der Waals surface area contributed by atoms with Gasteiger partial charge in [0.25, 0.3) is 0 Å². The number of nitrogens with zero attached hydrogens (tertiary/aromatic N) is 2. The molecule has 1 aromatic rings. The second-order valence-electron chi connectivity index (χ2n) is 5.64. The lowest BCUT2D eigenvalue weighted by molar-refractivity contribution is 0.324. The lowest BCUT2D eigenvalue weighted by Gasteiger charge is -2.20. The molecule has 84 valence electrons. The Morgan fingerprint density at radius 3 is 2.67 bits per heavy atom. The van der Waals surface area contributed by atoms with Gasteiger partial charge < -0.3 is 10.3 Å². The fourth-order valence-electron chi connectivity index (χ4n) is 1.64. The Labute approximate surface area is 90.2 Å². The molecule has 0 aromatic carbocycles. The van der Waals surface area contributed by atoms with Gasteiger partial charge in [0, 0.05) is 5.92 Å². The molecule has 0 spiro atoms. The van der Waals surface area contributed by atoms with Crippen LogP contribution in [0.4, 0.5) is 0 Å². The van der Waals surface area contributed by atoms with Crippen molar-refractivity contribution in [2.45, 2.75) is 52.0 Å². The lowest BCUT2D eigenvalue weighted by Crippen LogP contribution is -2.19. The van der Waals surface area contributed by atoms with Crippen LogP contribution in [0.3, 0.4) is 0 Å². The van der Waals surface area contributed by atoms with Crippen molar-refractivity contribution in [1.29, 1.82) is 0 Å². The van der Waals surface area contributed by atoms with Crippen LogP contribution in [-0.4, -0.2) is 10.1 Å². The molecular formula is C11H19N3O. The van der Waals surface area contributed by atoms with Gasteiger partial charge in [0.05, 0.1) is 6.04 Å². The SMILES string of the molecule is CC(C)(C)CC(N)c1noc(C2CC2)n1. The summed E-state index contributed by atoms with van der Waals surface area (Å²) >= 11 is 0. The van der Waals surface area contributed by atoms with Crippen LogP contribution >= 0.6 is 0 Å². The fraction of sp³-hybridized carbons (Fsp3) is 0.818. The molecule has 15 heavy (non-hydrogen) atoms. The average Bonchev–Trinajstić information content (AvgIpc) is 2.81. The molecule has 0 bridgehead atoms. The maximum atomic E-state index is 6.03. The Morgan fingerprint density at radius 2 is 2.13 bits per heavy atom. The minimum atomic E-state index is -0.110. The van der Waals surface area contributed by atoms with Crippen LogP contribution in [0.15, 0.2) is 4.52 Å². The standard InChI is InChI=1S/C11H19N3O/c1-11(2,3)6-8(12)9-13-10(15-14-9)7-4-5-7/h7-8H,4-6,12H2,1-3H3. The molecule has 0 amide bonds. The molecule has 0 saturated heterocycles. The van der Waals surface area contributed by atoms with E-state index >= 15 is 0 Å². The van der Waals surface area contributed by atoms with Gasteiger partial charge in [0.1, 0.15) is 0 Å². The van der Waals surface area contributed by atoms with E-state index in [9.17, 15) is 0 Å². The molecule has 1 fully saturated rings. The maximum Gasteiger partial charge on any atom is 0.229 e. The summed E-state index contributed by atoms with van der Waals surface area (Å²) in [6.45, 7) is 6.48. The third-order valence-corrected chi connectivity index (χ3v) is 2.55. The van der Waals surface area contributed by atoms with Crippen molar-refractivity contribution in [3.8, 4) is 0 Å². The van der Waals surface area contributed by atoms with Gasteiger partial charge in [0.2, 0.25) is 5.89 Å². The van der Waals surface area contributed by atoms with Gasteiger partial charge in [-0.05, 0) is 24.7 Å². The predicted octanol–water partition coefficient (Wildman–Crippen LogP) is 2.38. The molecule has 4 nitrogen and oxygen atoms in total. The average molecular weight is 209 g/mol. The van der Waals surface area contributed by atoms with E-state index in [0.29, 0.717) is 11.7 Å². The second kappa shape index (κ2) is 3.59. The summed E-state index contributed by atoms with van der Waals surface area (Å²) in [6.07, 6.45) is 3.23. The van der Waals surface area contributed by atoms with Gasteiger partial charge in [-0.25, -0.2) is 0 Å². The first-order chi connectivity index (χ1) is 6.96. The zero-order valence-corrected chi connectivity index (χ0v) is 9.66. The van der Waals surface area contributed by atoms with E-state index in [1.54, 1.807) is 0 Å². The van der Waals surface area contributed by atoms with E-state index in [4.69, 9.17) is 10.3 Å². The Bertz CT molecular complexity index is 336. The number of hydrogen-bond acceptors (Lipinski definition) is 4. The first-order valence-electron chi connectivity index (χ1n) is 5.55. The molecule has 1 saturated carbocycles. The van der Waals surface area contributed by atoms with Gasteiger partial charge in [-0.3, -0.25) is 0 Å². The molecule has 0 aliphatic heterocycles. The highest BCUT2D eigenvalue weighted by Crippen LogP contribution is 2.39. The molecule has 2 N–H and O–H groups in total. The van der Waals surface area contributed by atoms with Gasteiger partial charge in [0.15, 0.2) is 5.82 Å². The number of hydrogen-bond donors (Lipinski definition) is 1. The predicted molar refractivity (Wildman–Crippen MR) is 57.3 cm³/mol. The Hall–Kier alpha value is -0.900. The van der Waals surface area contributed by atoms with Crippen LogP contribution in [0.2, 0.25) is 0 Å². The lowest BCUT2D eigenvalue weighted by atomic mass is 9.88. The van der Waals surface area contributed by atoms with Crippen molar-refractivity contribution < 1.29 is 4.52 Å². The van der Waals surface area contributed by atoms with Crippen molar-refractivity contribution in [3.63, 3.8) is 0 Å². The molecule has 1 aromatic heterocycles. The first kappa shape index (κ1) is 10.6. The van der Waals surface area contributed by atoms with Gasteiger partial charge in [-0.2, -0.15) is 4.98 Å². The summed E-state index contributed by atoms with van der Waals surface area (Å²) in [5.41, 5.74) is 6.22. The molecule has 1 atom stereocenters. The summed E-state index contributed by atoms with van der Waals surface area (Å²) in [7, 11) is 0. The Kier molecular flexibility index (Phi) is 2.54. The van der Waals surface area contributed by atoms with E-state index in [1.807, 2.05) is 0 Å². The third-order valence-electron chi connectivity index (χ3n) is 2.55. The first-order valence-corrected chi connectivity index (χ1v) is 5.55. The summed E-state index contributed by atoms with van der Waals surface area (Å²) in [6, 6.07) is -0.110. The largest absolute Gasteiger partial charge is 0.339 e. The zero-order chi connectivity index (χ0) is 11.1. The summed E-state index contributed by atoms with van der Waals surface area (Å²) in [5.74, 6) is 1.94. The van der Waals surface area contributed by atoms with E-state index in [0.717, 1.165) is 12.3 Å². The normalized spacial score (nSPS) is 19.2. The maximum absolute atomic E-state index is 6.03. The van der Waals surface area contributed by atoms with E-state index in [-0.39, 0.29) is 11.5 Å². The van der Waals surface area contributed by atoms with E-state index < -0.39 is 0 Å². The van der Waals surface area contributed by atoms with Crippen molar-refractivity contribution in [3.05, 3.63) is 11.7 Å². The molecule has 1 heterocycles. The highest BCUT2D eigenvalue weighted by Gasteiger charge is 2.30. The number of nitrogens with two attached hydrogens (primary N) is 1. The van der Waals surface area contributed by atoms with Crippen LogP contribution < -0.4 is 5.73 Å². The fourth-order valence-corrected chi connectivity index (χ4v) is 1.64. The summed E-state index contributed by atoms with van der Waals surface area (Å²) < 4.78 is 5.18. The van der Waals surface area contributed by atoms with Crippen LogP contribution in [0.5, 0.6) is 0 Å². The van der Waals surface area contributed by atoms with Crippen LogP contribution in [0, 0.1) is 5.41 Å². The van der Waals surface area contributed by atoms with Crippen molar-refractivity contribution in [1.82, 2.24) is 10.1 Å². The van der Waals surface area contributed by atoms with E-state index in [2.05, 4.69) is 30.9 Å². The highest BCUT2D eigenvalue weighted by molar-refractivity contribution is 5.03. The molecule has 4 heteroatoms. The van der Waals surface area contributed by atoms with Crippen molar-refractivity contribution >= 4 is 0 Å². The minimum absolute atomic E-state index is 0.110. The second-order valence-corrected chi connectivity index (χ2v) is 5.64. The van der Waals surface area contributed by atoms with Gasteiger partial charge in [-0.1, -0.05) is 25.9 Å². The van der Waals surface area contributed by atoms with Gasteiger partial charge in [-0.15, -0.1) is 0 Å². The van der Waals surface area contributed by atoms with Crippen molar-refractivity contribution in [2.24, 2.45) is 11.1 Å². The van der Waals surface area contributed by atoms with Crippen LogP contribution in [0.1, 0.15) is 63.7 Å². The monoisotopic (exact) mass is 209 g/mol. The molecule has 2 rings (SSSR count). The van der Waals surface area contributed by atoms with Crippen molar-refractivity contribution in [2.75, 3.05) is 0 Å². The molecule has 1 unspecified atom stereocenters. The quantitative estimate of drug-likeness (QED) is 0.830. The van der Waals surface area contributed by atoms with Crippen LogP contribution in [-0.2, 0) is 0 Å². The van der Waals surface area contributed by atoms with Gasteiger partial charge >= 0.3 is 0 Å². The smallest absolute Gasteiger partial charge is 0.229 e. The molecular weight excluding hydrogens is 190 g/mol. The molecule has 1 aliphatic carbocycles. The third kappa shape index (κ3) is 2.78. The number of rotatable bonds is 3. The van der Waals surface area contributed by atoms with Crippen LogP contribution in [0.25, 0.3) is 0 Å². The zero-order valence-electron chi connectivity index (χ0n) is 9.66. The molecule has 1 aliphatic rings. The molecule has 0 radical (unpaired) electrons.